The van der Waals surface area contributed by atoms with E-state index in [1.54, 1.807) is 25.4 Å². The van der Waals surface area contributed by atoms with Crippen LogP contribution in [-0.4, -0.2) is 26.9 Å². The number of halogens is 1. The highest BCUT2D eigenvalue weighted by molar-refractivity contribution is 7.15. The van der Waals surface area contributed by atoms with Crippen molar-refractivity contribution in [3.63, 3.8) is 0 Å². The lowest BCUT2D eigenvalue weighted by Gasteiger charge is -2.20. The van der Waals surface area contributed by atoms with Crippen LogP contribution in [0.5, 0.6) is 5.75 Å². The maximum Gasteiger partial charge on any atom is 0.206 e. The van der Waals surface area contributed by atoms with Crippen molar-refractivity contribution in [2.45, 2.75) is 12.5 Å². The Kier molecular flexibility index (Phi) is 5.53. The van der Waals surface area contributed by atoms with Gasteiger partial charge in [0.1, 0.15) is 28.4 Å². The number of imidazole rings is 1. The lowest BCUT2D eigenvalue weighted by atomic mass is 10.1. The predicted molar refractivity (Wildman–Crippen MR) is 111 cm³/mol. The van der Waals surface area contributed by atoms with Gasteiger partial charge in [0.2, 0.25) is 5.13 Å². The van der Waals surface area contributed by atoms with E-state index in [0.29, 0.717) is 11.6 Å². The van der Waals surface area contributed by atoms with Crippen LogP contribution in [-0.2, 0) is 13.5 Å². The molecule has 0 spiro atoms. The summed E-state index contributed by atoms with van der Waals surface area (Å²) in [5.74, 6) is 1.36. The van der Waals surface area contributed by atoms with Gasteiger partial charge in [0.15, 0.2) is 0 Å². The Bertz CT molecular complexity index is 1090. The van der Waals surface area contributed by atoms with E-state index in [4.69, 9.17) is 4.74 Å². The zero-order valence-electron chi connectivity index (χ0n) is 16.0. The molecule has 0 aliphatic rings. The topological polar surface area (TPSA) is 64.9 Å². The number of hydrogen-bond acceptors (Lipinski definition) is 6. The van der Waals surface area contributed by atoms with Gasteiger partial charge in [0.05, 0.1) is 7.11 Å². The summed E-state index contributed by atoms with van der Waals surface area (Å²) >= 11 is 1.47. The van der Waals surface area contributed by atoms with E-state index in [9.17, 15) is 4.39 Å². The second kappa shape index (κ2) is 8.40. The first-order valence-electron chi connectivity index (χ1n) is 9.07. The number of nitrogens with one attached hydrogen (secondary N) is 1. The quantitative estimate of drug-likeness (QED) is 0.495. The number of aromatic nitrogens is 4. The van der Waals surface area contributed by atoms with Gasteiger partial charge in [-0.1, -0.05) is 41.7 Å². The highest BCUT2D eigenvalue weighted by Gasteiger charge is 2.23. The van der Waals surface area contributed by atoms with Crippen molar-refractivity contribution in [3.05, 3.63) is 88.7 Å². The van der Waals surface area contributed by atoms with Gasteiger partial charge >= 0.3 is 0 Å². The first-order valence-corrected chi connectivity index (χ1v) is 9.89. The number of rotatable bonds is 7. The smallest absolute Gasteiger partial charge is 0.206 e. The van der Waals surface area contributed by atoms with E-state index in [2.05, 4.69) is 20.5 Å². The molecule has 2 aromatic heterocycles. The molecule has 29 heavy (non-hydrogen) atoms. The third-order valence-electron chi connectivity index (χ3n) is 4.57. The van der Waals surface area contributed by atoms with Crippen LogP contribution in [0.4, 0.5) is 9.52 Å². The minimum atomic E-state index is -0.252. The number of para-hydroxylation sites is 1. The van der Waals surface area contributed by atoms with Crippen molar-refractivity contribution in [2.24, 2.45) is 7.05 Å². The molecule has 0 saturated heterocycles. The molecule has 148 valence electrons. The highest BCUT2D eigenvalue weighted by atomic mass is 32.1. The molecule has 4 rings (SSSR count). The normalized spacial score (nSPS) is 12.0. The molecule has 8 heteroatoms. The van der Waals surface area contributed by atoms with Crippen molar-refractivity contribution in [1.29, 1.82) is 0 Å². The van der Waals surface area contributed by atoms with E-state index < -0.39 is 0 Å². The highest BCUT2D eigenvalue weighted by Crippen LogP contribution is 2.33. The van der Waals surface area contributed by atoms with Crippen LogP contribution < -0.4 is 10.1 Å². The summed E-state index contributed by atoms with van der Waals surface area (Å²) in [6, 6.07) is 14.0. The van der Waals surface area contributed by atoms with Crippen molar-refractivity contribution in [1.82, 2.24) is 19.7 Å². The van der Waals surface area contributed by atoms with Gasteiger partial charge in [-0.3, -0.25) is 0 Å². The maximum absolute atomic E-state index is 13.1. The van der Waals surface area contributed by atoms with E-state index in [-0.39, 0.29) is 11.9 Å². The fourth-order valence-corrected chi connectivity index (χ4v) is 3.93. The van der Waals surface area contributed by atoms with Crippen LogP contribution in [0, 0.1) is 5.82 Å². The summed E-state index contributed by atoms with van der Waals surface area (Å²) < 4.78 is 20.6. The average Bonchev–Trinajstić information content (AvgIpc) is 3.36. The van der Waals surface area contributed by atoms with Crippen LogP contribution in [0.2, 0.25) is 0 Å². The van der Waals surface area contributed by atoms with Gasteiger partial charge in [-0.05, 0) is 23.8 Å². The summed E-state index contributed by atoms with van der Waals surface area (Å²) in [4.78, 5) is 4.51. The van der Waals surface area contributed by atoms with Crippen LogP contribution in [0.3, 0.4) is 0 Å². The molecule has 0 radical (unpaired) electrons. The van der Waals surface area contributed by atoms with E-state index in [0.717, 1.165) is 27.7 Å². The molecule has 4 aromatic rings. The van der Waals surface area contributed by atoms with E-state index >= 15 is 0 Å². The molecule has 0 aliphatic heterocycles. The Morgan fingerprint density at radius 2 is 1.93 bits per heavy atom. The fraction of sp³-hybridized carbons (Fsp3) is 0.190. The summed E-state index contributed by atoms with van der Waals surface area (Å²) in [5, 5.41) is 13.6. The van der Waals surface area contributed by atoms with E-state index in [1.165, 1.54) is 23.5 Å². The van der Waals surface area contributed by atoms with Gasteiger partial charge in [-0.25, -0.2) is 9.37 Å². The number of methoxy groups -OCH3 is 1. The number of ether oxygens (including phenoxy) is 1. The minimum absolute atomic E-state index is 0.247. The molecule has 1 unspecified atom stereocenters. The summed E-state index contributed by atoms with van der Waals surface area (Å²) in [6.07, 6.45) is 4.26. The standard InChI is InChI=1S/C21H20FN5OS/c1-27-12-11-23-20(27)19(16-5-3-4-6-17(16)28-2)24-21-26-25-18(29-21)13-14-7-9-15(22)10-8-14/h3-12,19H,13H2,1-2H3,(H,24,26). The largest absolute Gasteiger partial charge is 0.496 e. The Morgan fingerprint density at radius 3 is 2.66 bits per heavy atom. The third-order valence-corrected chi connectivity index (χ3v) is 5.42. The van der Waals surface area contributed by atoms with Crippen molar-refractivity contribution in [3.8, 4) is 5.75 Å². The molecule has 0 saturated carbocycles. The van der Waals surface area contributed by atoms with Crippen LogP contribution in [0.25, 0.3) is 0 Å². The first-order chi connectivity index (χ1) is 14.1. The van der Waals surface area contributed by atoms with Crippen molar-refractivity contribution >= 4 is 16.5 Å². The molecule has 0 aliphatic carbocycles. The second-order valence-corrected chi connectivity index (χ2v) is 7.58. The predicted octanol–water partition coefficient (Wildman–Crippen LogP) is 4.21. The van der Waals surface area contributed by atoms with Gasteiger partial charge in [-0.15, -0.1) is 10.2 Å². The second-order valence-electron chi connectivity index (χ2n) is 6.52. The van der Waals surface area contributed by atoms with Crippen LogP contribution in [0.1, 0.15) is 28.0 Å². The molecule has 1 N–H and O–H groups in total. The summed E-state index contributed by atoms with van der Waals surface area (Å²) in [5.41, 5.74) is 1.94. The van der Waals surface area contributed by atoms with Gasteiger partial charge in [0.25, 0.3) is 0 Å². The number of hydrogen-bond donors (Lipinski definition) is 1. The lowest BCUT2D eigenvalue weighted by molar-refractivity contribution is 0.408. The zero-order chi connectivity index (χ0) is 20.2. The SMILES string of the molecule is COc1ccccc1C(Nc1nnc(Cc2ccc(F)cc2)s1)c1nccn1C. The Hall–Kier alpha value is -3.26. The number of aryl methyl sites for hydroxylation is 1. The maximum atomic E-state index is 13.1. The van der Waals surface area contributed by atoms with Crippen molar-refractivity contribution in [2.75, 3.05) is 12.4 Å². The van der Waals surface area contributed by atoms with Gasteiger partial charge < -0.3 is 14.6 Å². The lowest BCUT2D eigenvalue weighted by Crippen LogP contribution is -2.17. The molecule has 2 aromatic carbocycles. The molecule has 2 heterocycles. The van der Waals surface area contributed by atoms with Crippen LogP contribution in [0.15, 0.2) is 60.9 Å². The molecular weight excluding hydrogens is 389 g/mol. The zero-order valence-corrected chi connectivity index (χ0v) is 16.9. The minimum Gasteiger partial charge on any atom is -0.496 e. The molecule has 0 fully saturated rings. The third kappa shape index (κ3) is 4.27. The van der Waals surface area contributed by atoms with Gasteiger partial charge in [-0.2, -0.15) is 0 Å². The summed E-state index contributed by atoms with van der Waals surface area (Å²) in [6.45, 7) is 0. The number of anilines is 1. The van der Waals surface area contributed by atoms with Gasteiger partial charge in [0, 0.05) is 31.4 Å². The Labute approximate surface area is 172 Å². The monoisotopic (exact) mass is 409 g/mol. The molecular formula is C21H20FN5OS. The number of nitrogens with zero attached hydrogens (tertiary/aromatic N) is 4. The molecule has 1 atom stereocenters. The first kappa shape index (κ1) is 19.1. The van der Waals surface area contributed by atoms with Crippen LogP contribution >= 0.6 is 11.3 Å². The summed E-state index contributed by atoms with van der Waals surface area (Å²) in [7, 11) is 3.60. The van der Waals surface area contributed by atoms with E-state index in [1.807, 2.05) is 42.1 Å². The molecule has 0 bridgehead atoms. The average molecular weight is 409 g/mol. The van der Waals surface area contributed by atoms with Crippen molar-refractivity contribution < 1.29 is 9.13 Å². The number of benzene rings is 2. The molecule has 6 nitrogen and oxygen atoms in total. The fourth-order valence-electron chi connectivity index (χ4n) is 3.13. The Morgan fingerprint density at radius 1 is 1.14 bits per heavy atom. The molecule has 0 amide bonds. The Balaban J connectivity index is 1.61.